The molecule has 2 atom stereocenters. The molecule has 2 unspecified atom stereocenters. The van der Waals surface area contributed by atoms with Gasteiger partial charge in [-0.05, 0) is 17.5 Å². The van der Waals surface area contributed by atoms with E-state index in [1.165, 1.54) is 0 Å². The van der Waals surface area contributed by atoms with Crippen LogP contribution in [-0.4, -0.2) is 27.2 Å². The number of aromatic amines is 1. The van der Waals surface area contributed by atoms with Gasteiger partial charge in [-0.25, -0.2) is 0 Å². The maximum atomic E-state index is 10.6. The Morgan fingerprint density at radius 1 is 1.38 bits per heavy atom. The van der Waals surface area contributed by atoms with Crippen molar-refractivity contribution in [2.24, 2.45) is 5.73 Å². The van der Waals surface area contributed by atoms with Crippen LogP contribution in [0.2, 0.25) is 0 Å². The lowest BCUT2D eigenvalue weighted by atomic mass is 10.1. The number of H-pyrrole nitrogens is 1. The number of nitrogens with two attached hydrogens (primary N) is 1. The van der Waals surface area contributed by atoms with Crippen LogP contribution >= 0.6 is 0 Å². The Kier molecular flexibility index (Phi) is 2.64. The lowest BCUT2D eigenvalue weighted by Crippen LogP contribution is -2.36. The summed E-state index contributed by atoms with van der Waals surface area (Å²) < 4.78 is 0. The Morgan fingerprint density at radius 2 is 2.06 bits per heavy atom. The zero-order valence-electron chi connectivity index (χ0n) is 8.42. The van der Waals surface area contributed by atoms with Crippen molar-refractivity contribution < 1.29 is 15.0 Å². The van der Waals surface area contributed by atoms with Crippen molar-refractivity contribution in [1.29, 1.82) is 0 Å². The van der Waals surface area contributed by atoms with Gasteiger partial charge in [0.15, 0.2) is 0 Å². The fourth-order valence-electron chi connectivity index (χ4n) is 1.58. The van der Waals surface area contributed by atoms with Crippen molar-refractivity contribution in [1.82, 2.24) is 4.98 Å². The van der Waals surface area contributed by atoms with Crippen LogP contribution in [0.4, 0.5) is 0 Å². The molecule has 1 aromatic carbocycles. The normalized spacial score (nSPS) is 14.9. The van der Waals surface area contributed by atoms with Gasteiger partial charge in [0.1, 0.15) is 12.1 Å². The number of carbonyl (C=O) groups is 1. The molecule has 0 aliphatic heterocycles. The van der Waals surface area contributed by atoms with Crippen LogP contribution in [0.15, 0.2) is 30.3 Å². The van der Waals surface area contributed by atoms with Crippen LogP contribution < -0.4 is 5.73 Å². The van der Waals surface area contributed by atoms with Gasteiger partial charge < -0.3 is 20.9 Å². The lowest BCUT2D eigenvalue weighted by molar-refractivity contribution is -0.141. The Labute approximate surface area is 91.5 Å². The highest BCUT2D eigenvalue weighted by molar-refractivity contribution is 5.81. The van der Waals surface area contributed by atoms with E-state index < -0.39 is 18.1 Å². The van der Waals surface area contributed by atoms with E-state index in [1.54, 1.807) is 6.07 Å². The predicted octanol–water partition coefficient (Wildman–Crippen LogP) is 0.613. The molecule has 0 aliphatic carbocycles. The second kappa shape index (κ2) is 3.96. The van der Waals surface area contributed by atoms with Gasteiger partial charge in [0, 0.05) is 11.2 Å². The zero-order valence-corrected chi connectivity index (χ0v) is 8.42. The van der Waals surface area contributed by atoms with Crippen molar-refractivity contribution in [3.8, 4) is 0 Å². The number of aromatic nitrogens is 1. The molecule has 5 nitrogen and oxygen atoms in total. The van der Waals surface area contributed by atoms with Gasteiger partial charge in [-0.3, -0.25) is 4.79 Å². The molecule has 5 heteroatoms. The summed E-state index contributed by atoms with van der Waals surface area (Å²) in [5.74, 6) is -1.23. The Morgan fingerprint density at radius 3 is 2.69 bits per heavy atom. The minimum atomic E-state index is -1.33. The number of hydrogen-bond acceptors (Lipinski definition) is 3. The third kappa shape index (κ3) is 1.78. The van der Waals surface area contributed by atoms with Gasteiger partial charge in [-0.1, -0.05) is 18.2 Å². The maximum Gasteiger partial charge on any atom is 0.323 e. The van der Waals surface area contributed by atoms with Crippen LogP contribution in [0.25, 0.3) is 10.9 Å². The standard InChI is InChI=1S/C11H12N2O3/c12-9(11(15)16)10(14)8-5-6-3-1-2-4-7(6)13-8/h1-5,9-10,13-14H,12H2,(H,15,16). The number of aliphatic hydroxyl groups excluding tert-OH is 1. The fourth-order valence-corrected chi connectivity index (χ4v) is 1.58. The first-order valence-corrected chi connectivity index (χ1v) is 4.83. The summed E-state index contributed by atoms with van der Waals surface area (Å²) in [5.41, 5.74) is 6.60. The number of aliphatic hydroxyl groups is 1. The highest BCUT2D eigenvalue weighted by Crippen LogP contribution is 2.21. The Hall–Kier alpha value is -1.85. The summed E-state index contributed by atoms with van der Waals surface area (Å²) in [6.45, 7) is 0. The van der Waals surface area contributed by atoms with Crippen molar-refractivity contribution >= 4 is 16.9 Å². The predicted molar refractivity (Wildman–Crippen MR) is 58.9 cm³/mol. The molecule has 5 N–H and O–H groups in total. The molecular weight excluding hydrogens is 208 g/mol. The first-order valence-electron chi connectivity index (χ1n) is 4.83. The van der Waals surface area contributed by atoms with E-state index in [0.717, 1.165) is 10.9 Å². The fraction of sp³-hybridized carbons (Fsp3) is 0.182. The molecule has 0 saturated carbocycles. The number of benzene rings is 1. The molecule has 16 heavy (non-hydrogen) atoms. The highest BCUT2D eigenvalue weighted by Gasteiger charge is 2.24. The monoisotopic (exact) mass is 220 g/mol. The minimum Gasteiger partial charge on any atom is -0.480 e. The molecule has 0 saturated heterocycles. The molecule has 2 aromatic rings. The molecule has 0 amide bonds. The summed E-state index contributed by atoms with van der Waals surface area (Å²) in [6.07, 6.45) is -1.23. The molecule has 0 fully saturated rings. The van der Waals surface area contributed by atoms with E-state index in [2.05, 4.69) is 4.98 Å². The van der Waals surface area contributed by atoms with Crippen molar-refractivity contribution in [3.63, 3.8) is 0 Å². The molecule has 0 spiro atoms. The summed E-state index contributed by atoms with van der Waals surface area (Å²) in [4.78, 5) is 13.6. The summed E-state index contributed by atoms with van der Waals surface area (Å²) in [6, 6.07) is 7.80. The number of fused-ring (bicyclic) bond motifs is 1. The Bertz CT molecular complexity index is 488. The topological polar surface area (TPSA) is 99.3 Å². The number of carboxylic acids is 1. The van der Waals surface area contributed by atoms with Crippen LogP contribution in [-0.2, 0) is 4.79 Å². The summed E-state index contributed by atoms with van der Waals surface area (Å²) in [5, 5.41) is 19.3. The zero-order chi connectivity index (χ0) is 11.7. The van der Waals surface area contributed by atoms with E-state index in [9.17, 15) is 9.90 Å². The van der Waals surface area contributed by atoms with Crippen LogP contribution in [0.5, 0.6) is 0 Å². The summed E-state index contributed by atoms with van der Waals surface area (Å²) >= 11 is 0. The molecule has 84 valence electrons. The number of aliphatic carboxylic acids is 1. The molecule has 0 bridgehead atoms. The van der Waals surface area contributed by atoms with Crippen LogP contribution in [0.3, 0.4) is 0 Å². The van der Waals surface area contributed by atoms with E-state index in [1.807, 2.05) is 24.3 Å². The quantitative estimate of drug-likeness (QED) is 0.609. The van der Waals surface area contributed by atoms with Crippen LogP contribution in [0.1, 0.15) is 11.8 Å². The summed E-state index contributed by atoms with van der Waals surface area (Å²) in [7, 11) is 0. The van der Waals surface area contributed by atoms with Crippen molar-refractivity contribution in [3.05, 3.63) is 36.0 Å². The molecule has 2 rings (SSSR count). The third-order valence-corrected chi connectivity index (χ3v) is 2.49. The van der Waals surface area contributed by atoms with E-state index in [0.29, 0.717) is 5.69 Å². The Balaban J connectivity index is 2.36. The van der Waals surface area contributed by atoms with E-state index in [-0.39, 0.29) is 0 Å². The second-order valence-electron chi connectivity index (χ2n) is 3.62. The first kappa shape index (κ1) is 10.7. The third-order valence-electron chi connectivity index (χ3n) is 2.49. The number of hydrogen-bond donors (Lipinski definition) is 4. The van der Waals surface area contributed by atoms with E-state index in [4.69, 9.17) is 10.8 Å². The second-order valence-corrected chi connectivity index (χ2v) is 3.62. The van der Waals surface area contributed by atoms with Crippen molar-refractivity contribution in [2.75, 3.05) is 0 Å². The van der Waals surface area contributed by atoms with Crippen LogP contribution in [0, 0.1) is 0 Å². The molecule has 0 aliphatic rings. The van der Waals surface area contributed by atoms with Gasteiger partial charge in [-0.15, -0.1) is 0 Å². The van der Waals surface area contributed by atoms with Gasteiger partial charge in [0.05, 0.1) is 0 Å². The van der Waals surface area contributed by atoms with Crippen molar-refractivity contribution in [2.45, 2.75) is 12.1 Å². The SMILES string of the molecule is NC(C(=O)O)C(O)c1cc2ccccc2[nH]1. The molecule has 1 aromatic heterocycles. The van der Waals surface area contributed by atoms with E-state index >= 15 is 0 Å². The lowest BCUT2D eigenvalue weighted by Gasteiger charge is -2.12. The average Bonchev–Trinajstić information content (AvgIpc) is 2.70. The number of carboxylic acid groups (broad SMARTS) is 1. The van der Waals surface area contributed by atoms with Gasteiger partial charge >= 0.3 is 5.97 Å². The minimum absolute atomic E-state index is 0.413. The van der Waals surface area contributed by atoms with Gasteiger partial charge in [-0.2, -0.15) is 0 Å². The molecular formula is C11H12N2O3. The van der Waals surface area contributed by atoms with Gasteiger partial charge in [0.2, 0.25) is 0 Å². The average molecular weight is 220 g/mol. The molecule has 0 radical (unpaired) electrons. The largest absolute Gasteiger partial charge is 0.480 e. The smallest absolute Gasteiger partial charge is 0.323 e. The number of rotatable bonds is 3. The molecule has 1 heterocycles. The number of para-hydroxylation sites is 1. The number of nitrogens with one attached hydrogen (secondary N) is 1. The maximum absolute atomic E-state index is 10.6. The first-order chi connectivity index (χ1) is 7.59. The van der Waals surface area contributed by atoms with Gasteiger partial charge in [0.25, 0.3) is 0 Å². The highest BCUT2D eigenvalue weighted by atomic mass is 16.4.